The Bertz CT molecular complexity index is 356. The number of carbonyl (C=O) groups is 2. The molecule has 0 aromatic rings. The fourth-order valence-electron chi connectivity index (χ4n) is 2.93. The summed E-state index contributed by atoms with van der Waals surface area (Å²) in [7, 11) is 0. The third-order valence-corrected chi connectivity index (χ3v) is 3.82. The molecule has 6 nitrogen and oxygen atoms in total. The van der Waals surface area contributed by atoms with E-state index in [0.717, 1.165) is 19.4 Å². The van der Waals surface area contributed by atoms with E-state index in [-0.39, 0.29) is 19.0 Å². The minimum Gasteiger partial charge on any atom is -0.481 e. The maximum Gasteiger partial charge on any atom is 0.317 e. The number of carbonyl (C=O) groups excluding carboxylic acids is 1. The number of aliphatic carboxylic acids is 1. The van der Waals surface area contributed by atoms with E-state index < -0.39 is 11.6 Å². The van der Waals surface area contributed by atoms with Gasteiger partial charge in [-0.25, -0.2) is 4.79 Å². The smallest absolute Gasteiger partial charge is 0.317 e. The summed E-state index contributed by atoms with van der Waals surface area (Å²) in [4.78, 5) is 24.3. The number of hydrogen-bond donors (Lipinski definition) is 3. The molecule has 1 aliphatic heterocycles. The van der Waals surface area contributed by atoms with Gasteiger partial charge in [0.2, 0.25) is 0 Å². The number of urea groups is 1. The molecule has 2 rings (SSSR count). The average Bonchev–Trinajstić information content (AvgIpc) is 2.85. The Hall–Kier alpha value is -1.30. The first-order valence-corrected chi connectivity index (χ1v) is 6.36. The Morgan fingerprint density at radius 1 is 1.44 bits per heavy atom. The normalized spacial score (nSPS) is 29.1. The van der Waals surface area contributed by atoms with Crippen molar-refractivity contribution in [1.82, 2.24) is 10.2 Å². The number of amides is 2. The van der Waals surface area contributed by atoms with Crippen LogP contribution in [-0.4, -0.2) is 51.8 Å². The molecule has 2 aliphatic rings. The summed E-state index contributed by atoms with van der Waals surface area (Å²) in [5.74, 6) is -0.449. The van der Waals surface area contributed by atoms with Crippen molar-refractivity contribution in [2.24, 2.45) is 5.92 Å². The molecule has 0 radical (unpaired) electrons. The molecule has 0 aromatic carbocycles. The van der Waals surface area contributed by atoms with Crippen LogP contribution in [0, 0.1) is 5.92 Å². The van der Waals surface area contributed by atoms with Crippen LogP contribution in [0.1, 0.15) is 32.6 Å². The highest BCUT2D eigenvalue weighted by atomic mass is 16.4. The largest absolute Gasteiger partial charge is 0.481 e. The van der Waals surface area contributed by atoms with Gasteiger partial charge in [-0.2, -0.15) is 0 Å². The second-order valence-corrected chi connectivity index (χ2v) is 5.71. The Morgan fingerprint density at radius 2 is 2.17 bits per heavy atom. The lowest BCUT2D eigenvalue weighted by molar-refractivity contribution is -0.141. The van der Waals surface area contributed by atoms with Gasteiger partial charge in [0.15, 0.2) is 0 Å². The predicted molar refractivity (Wildman–Crippen MR) is 64.1 cm³/mol. The van der Waals surface area contributed by atoms with Gasteiger partial charge in [-0.15, -0.1) is 0 Å². The lowest BCUT2D eigenvalue weighted by Gasteiger charge is -2.29. The topological polar surface area (TPSA) is 89.9 Å². The molecule has 1 heterocycles. The number of rotatable bonds is 4. The van der Waals surface area contributed by atoms with Gasteiger partial charge >= 0.3 is 12.0 Å². The van der Waals surface area contributed by atoms with Crippen molar-refractivity contribution in [2.45, 2.75) is 44.2 Å². The van der Waals surface area contributed by atoms with Crippen molar-refractivity contribution in [2.75, 3.05) is 13.1 Å². The number of carboxylic acids is 1. The lowest BCUT2D eigenvalue weighted by Crippen LogP contribution is -2.49. The molecule has 0 aromatic heterocycles. The van der Waals surface area contributed by atoms with Crippen LogP contribution in [-0.2, 0) is 4.79 Å². The standard InChI is InChI=1S/C12H20N2O4/c1-12(18,5-10(15)16)7-13-11(17)14-6-8-2-3-9(14)4-8/h8-9,18H,2-7H2,1H3,(H,13,17)(H,15,16). The van der Waals surface area contributed by atoms with Crippen molar-refractivity contribution in [3.05, 3.63) is 0 Å². The van der Waals surface area contributed by atoms with Crippen molar-refractivity contribution in [3.63, 3.8) is 0 Å². The number of likely N-dealkylation sites (tertiary alicyclic amines) is 1. The summed E-state index contributed by atoms with van der Waals surface area (Å²) in [6, 6.07) is 0.146. The van der Waals surface area contributed by atoms with E-state index in [4.69, 9.17) is 5.11 Å². The summed E-state index contributed by atoms with van der Waals surface area (Å²) < 4.78 is 0. The van der Waals surface area contributed by atoms with Gasteiger partial charge in [-0.3, -0.25) is 4.79 Å². The molecule has 1 aliphatic carbocycles. The van der Waals surface area contributed by atoms with Crippen LogP contribution in [0.25, 0.3) is 0 Å². The van der Waals surface area contributed by atoms with Crippen molar-refractivity contribution in [1.29, 1.82) is 0 Å². The minimum atomic E-state index is -1.40. The number of nitrogens with zero attached hydrogens (tertiary/aromatic N) is 1. The molecule has 1 saturated carbocycles. The zero-order valence-electron chi connectivity index (χ0n) is 10.6. The molecule has 3 atom stereocenters. The number of fused-ring (bicyclic) bond motifs is 2. The molecule has 2 fully saturated rings. The van der Waals surface area contributed by atoms with E-state index in [2.05, 4.69) is 5.32 Å². The van der Waals surface area contributed by atoms with Gasteiger partial charge in [-0.05, 0) is 32.1 Å². The van der Waals surface area contributed by atoms with E-state index in [1.165, 1.54) is 13.3 Å². The summed E-state index contributed by atoms with van der Waals surface area (Å²) in [5.41, 5.74) is -1.40. The SMILES string of the molecule is CC(O)(CNC(=O)N1CC2CCC1C2)CC(=O)O. The average molecular weight is 256 g/mol. The fourth-order valence-corrected chi connectivity index (χ4v) is 2.93. The van der Waals surface area contributed by atoms with E-state index in [0.29, 0.717) is 12.0 Å². The third kappa shape index (κ3) is 2.93. The number of aliphatic hydroxyl groups is 1. The van der Waals surface area contributed by atoms with Gasteiger partial charge in [0, 0.05) is 19.1 Å². The van der Waals surface area contributed by atoms with Crippen LogP contribution in [0.3, 0.4) is 0 Å². The fraction of sp³-hybridized carbons (Fsp3) is 0.833. The van der Waals surface area contributed by atoms with Gasteiger partial charge < -0.3 is 20.4 Å². The van der Waals surface area contributed by atoms with Gasteiger partial charge in [0.05, 0.1) is 12.0 Å². The zero-order valence-corrected chi connectivity index (χ0v) is 10.6. The van der Waals surface area contributed by atoms with E-state index in [1.54, 1.807) is 0 Å². The van der Waals surface area contributed by atoms with Crippen LogP contribution in [0.5, 0.6) is 0 Å². The second-order valence-electron chi connectivity index (χ2n) is 5.71. The quantitative estimate of drug-likeness (QED) is 0.679. The molecule has 18 heavy (non-hydrogen) atoms. The molecular weight excluding hydrogens is 236 g/mol. The summed E-state index contributed by atoms with van der Waals surface area (Å²) in [6.45, 7) is 2.17. The predicted octanol–water partition coefficient (Wildman–Crippen LogP) is 0.406. The first-order chi connectivity index (χ1) is 8.37. The molecule has 102 valence electrons. The zero-order chi connectivity index (χ0) is 13.3. The van der Waals surface area contributed by atoms with E-state index in [1.807, 2.05) is 4.90 Å². The van der Waals surface area contributed by atoms with Crippen LogP contribution < -0.4 is 5.32 Å². The van der Waals surface area contributed by atoms with Crippen molar-refractivity contribution in [3.8, 4) is 0 Å². The molecule has 6 heteroatoms. The first kappa shape index (κ1) is 13.1. The third-order valence-electron chi connectivity index (χ3n) is 3.82. The van der Waals surface area contributed by atoms with Crippen LogP contribution >= 0.6 is 0 Å². The Labute approximate surface area is 106 Å². The Morgan fingerprint density at radius 3 is 2.67 bits per heavy atom. The number of hydrogen-bond acceptors (Lipinski definition) is 3. The lowest BCUT2D eigenvalue weighted by atomic mass is 10.0. The number of piperidine rings is 1. The van der Waals surface area contributed by atoms with Crippen LogP contribution in [0.2, 0.25) is 0 Å². The summed E-state index contributed by atoms with van der Waals surface area (Å²) in [6.07, 6.45) is 2.97. The summed E-state index contributed by atoms with van der Waals surface area (Å²) >= 11 is 0. The van der Waals surface area contributed by atoms with Gasteiger partial charge in [0.1, 0.15) is 0 Å². The monoisotopic (exact) mass is 256 g/mol. The van der Waals surface area contributed by atoms with E-state index >= 15 is 0 Å². The number of nitrogens with one attached hydrogen (secondary N) is 1. The van der Waals surface area contributed by atoms with Crippen molar-refractivity contribution < 1.29 is 19.8 Å². The van der Waals surface area contributed by atoms with Crippen LogP contribution in [0.4, 0.5) is 4.79 Å². The molecule has 0 spiro atoms. The Balaban J connectivity index is 1.80. The highest BCUT2D eigenvalue weighted by Crippen LogP contribution is 2.37. The van der Waals surface area contributed by atoms with E-state index in [9.17, 15) is 14.7 Å². The molecule has 3 N–H and O–H groups in total. The number of carboxylic acid groups (broad SMARTS) is 1. The Kier molecular flexibility index (Phi) is 3.47. The molecule has 3 unspecified atom stereocenters. The van der Waals surface area contributed by atoms with Crippen LogP contribution in [0.15, 0.2) is 0 Å². The highest BCUT2D eigenvalue weighted by molar-refractivity contribution is 5.75. The van der Waals surface area contributed by atoms with Gasteiger partial charge in [-0.1, -0.05) is 0 Å². The molecule has 2 bridgehead atoms. The maximum atomic E-state index is 11.9. The van der Waals surface area contributed by atoms with Gasteiger partial charge in [0.25, 0.3) is 0 Å². The first-order valence-electron chi connectivity index (χ1n) is 6.36. The molecule has 2 amide bonds. The maximum absolute atomic E-state index is 11.9. The van der Waals surface area contributed by atoms with Crippen molar-refractivity contribution >= 4 is 12.0 Å². The minimum absolute atomic E-state index is 0.0357. The highest BCUT2D eigenvalue weighted by Gasteiger charge is 2.40. The summed E-state index contributed by atoms with van der Waals surface area (Å²) in [5, 5.41) is 21.1. The second kappa shape index (κ2) is 4.76. The molecule has 1 saturated heterocycles. The molecular formula is C12H20N2O4.